The van der Waals surface area contributed by atoms with Crippen LogP contribution in [0.2, 0.25) is 0 Å². The molecular formula is C31H24BrFN4O3S. The number of thiazole rings is 1. The van der Waals surface area contributed by atoms with Gasteiger partial charge in [0.1, 0.15) is 12.4 Å². The van der Waals surface area contributed by atoms with Crippen LogP contribution in [0.5, 0.6) is 11.5 Å². The normalized spacial score (nSPS) is 10.9. The van der Waals surface area contributed by atoms with Gasteiger partial charge in [0.15, 0.2) is 16.6 Å². The summed E-state index contributed by atoms with van der Waals surface area (Å²) in [6.07, 6.45) is 1.51. The van der Waals surface area contributed by atoms with Crippen molar-refractivity contribution in [3.05, 3.63) is 123 Å². The van der Waals surface area contributed by atoms with Crippen molar-refractivity contribution in [3.63, 3.8) is 0 Å². The molecule has 0 saturated carbocycles. The van der Waals surface area contributed by atoms with Crippen molar-refractivity contribution in [3.8, 4) is 22.8 Å². The van der Waals surface area contributed by atoms with E-state index in [1.165, 1.54) is 36.8 Å². The lowest BCUT2D eigenvalue weighted by Gasteiger charge is -2.13. The zero-order valence-electron chi connectivity index (χ0n) is 21.8. The number of hydrogen-bond acceptors (Lipinski definition) is 7. The molecule has 0 fully saturated rings. The predicted molar refractivity (Wildman–Crippen MR) is 164 cm³/mol. The molecule has 0 aliphatic heterocycles. The number of nitrogens with one attached hydrogen (secondary N) is 2. The van der Waals surface area contributed by atoms with E-state index in [1.54, 1.807) is 36.4 Å². The highest BCUT2D eigenvalue weighted by Crippen LogP contribution is 2.37. The minimum absolute atomic E-state index is 0.170. The van der Waals surface area contributed by atoms with E-state index in [1.807, 2.05) is 47.8 Å². The van der Waals surface area contributed by atoms with E-state index in [0.29, 0.717) is 32.7 Å². The maximum absolute atomic E-state index is 13.5. The molecule has 0 unspecified atom stereocenters. The maximum Gasteiger partial charge on any atom is 0.271 e. The molecule has 5 rings (SSSR count). The van der Waals surface area contributed by atoms with Crippen LogP contribution in [0.1, 0.15) is 21.5 Å². The van der Waals surface area contributed by atoms with Gasteiger partial charge >= 0.3 is 0 Å². The highest BCUT2D eigenvalue weighted by Gasteiger charge is 2.12. The van der Waals surface area contributed by atoms with Gasteiger partial charge in [-0.3, -0.25) is 4.79 Å². The minimum atomic E-state index is -0.349. The number of benzene rings is 4. The largest absolute Gasteiger partial charge is 0.493 e. The number of carbonyl (C=O) groups excluding carboxylic acids is 1. The number of hydrazone groups is 1. The summed E-state index contributed by atoms with van der Waals surface area (Å²) in [7, 11) is 1.52. The topological polar surface area (TPSA) is 84.8 Å². The van der Waals surface area contributed by atoms with Crippen molar-refractivity contribution in [2.45, 2.75) is 6.61 Å². The van der Waals surface area contributed by atoms with Gasteiger partial charge in [0, 0.05) is 22.2 Å². The summed E-state index contributed by atoms with van der Waals surface area (Å²) in [4.78, 5) is 17.3. The number of amides is 1. The molecule has 4 aromatic carbocycles. The van der Waals surface area contributed by atoms with Crippen LogP contribution in [-0.4, -0.2) is 24.2 Å². The first-order valence-corrected chi connectivity index (χ1v) is 14.1. The van der Waals surface area contributed by atoms with Crippen molar-refractivity contribution in [2.24, 2.45) is 5.10 Å². The highest BCUT2D eigenvalue weighted by atomic mass is 79.9. The SMILES string of the molecule is COc1cc(/C=N\NC(=O)c2ccc(-c3csc(Nc4ccccc4)n3)cc2)cc(Br)c1OCc1cccc(F)c1. The Labute approximate surface area is 248 Å². The van der Waals surface area contributed by atoms with Crippen LogP contribution in [0.15, 0.2) is 106 Å². The molecule has 0 radical (unpaired) electrons. The van der Waals surface area contributed by atoms with E-state index in [4.69, 9.17) is 9.47 Å². The zero-order chi connectivity index (χ0) is 28.6. The van der Waals surface area contributed by atoms with Crippen molar-refractivity contribution < 1.29 is 18.7 Å². The van der Waals surface area contributed by atoms with Crippen LogP contribution in [0.25, 0.3) is 11.3 Å². The second-order valence-corrected chi connectivity index (χ2v) is 10.5. The summed E-state index contributed by atoms with van der Waals surface area (Å²) in [6, 6.07) is 26.7. The second-order valence-electron chi connectivity index (χ2n) is 8.76. The first-order valence-electron chi connectivity index (χ1n) is 12.4. The Kier molecular flexibility index (Phi) is 9.02. The number of carbonyl (C=O) groups is 1. The van der Waals surface area contributed by atoms with Crippen LogP contribution in [0, 0.1) is 5.82 Å². The fraction of sp³-hybridized carbons (Fsp3) is 0.0645. The van der Waals surface area contributed by atoms with E-state index in [2.05, 4.69) is 36.8 Å². The van der Waals surface area contributed by atoms with Gasteiger partial charge in [-0.1, -0.05) is 42.5 Å². The van der Waals surface area contributed by atoms with Crippen molar-refractivity contribution in [2.75, 3.05) is 12.4 Å². The number of nitrogens with zero attached hydrogens (tertiary/aromatic N) is 2. The van der Waals surface area contributed by atoms with E-state index >= 15 is 0 Å². The van der Waals surface area contributed by atoms with E-state index in [0.717, 1.165) is 22.1 Å². The molecule has 1 aromatic heterocycles. The maximum atomic E-state index is 13.5. The third kappa shape index (κ3) is 7.36. The molecule has 0 aliphatic rings. The van der Waals surface area contributed by atoms with Gasteiger partial charge in [-0.2, -0.15) is 5.10 Å². The number of hydrogen-bond donors (Lipinski definition) is 2. The van der Waals surface area contributed by atoms with Crippen molar-refractivity contribution in [1.82, 2.24) is 10.4 Å². The molecule has 2 N–H and O–H groups in total. The average Bonchev–Trinajstić information content (AvgIpc) is 3.45. The van der Waals surface area contributed by atoms with Crippen LogP contribution in [-0.2, 0) is 6.61 Å². The Morgan fingerprint density at radius 1 is 1.05 bits per heavy atom. The molecule has 41 heavy (non-hydrogen) atoms. The van der Waals surface area contributed by atoms with Gasteiger partial charge < -0.3 is 14.8 Å². The summed E-state index contributed by atoms with van der Waals surface area (Å²) in [5.41, 5.74) is 7.06. The fourth-order valence-electron chi connectivity index (χ4n) is 3.87. The molecule has 0 aliphatic carbocycles. The number of rotatable bonds is 10. The monoisotopic (exact) mass is 630 g/mol. The molecule has 10 heteroatoms. The lowest BCUT2D eigenvalue weighted by atomic mass is 10.1. The smallest absolute Gasteiger partial charge is 0.271 e. The van der Waals surface area contributed by atoms with Crippen LogP contribution in [0.4, 0.5) is 15.2 Å². The molecule has 1 heterocycles. The van der Waals surface area contributed by atoms with Gasteiger partial charge in [-0.15, -0.1) is 11.3 Å². The Hall–Kier alpha value is -4.54. The molecule has 0 atom stereocenters. The summed E-state index contributed by atoms with van der Waals surface area (Å²) in [5, 5.41) is 10.1. The quantitative estimate of drug-likeness (QED) is 0.121. The van der Waals surface area contributed by atoms with Crippen LogP contribution in [0.3, 0.4) is 0 Å². The number of ether oxygens (including phenoxy) is 2. The summed E-state index contributed by atoms with van der Waals surface area (Å²) in [6.45, 7) is 0.170. The van der Waals surface area contributed by atoms with Gasteiger partial charge in [0.05, 0.1) is 23.5 Å². The first-order chi connectivity index (χ1) is 20.0. The highest BCUT2D eigenvalue weighted by molar-refractivity contribution is 9.10. The number of halogens is 2. The molecule has 0 spiro atoms. The molecular weight excluding hydrogens is 607 g/mol. The molecule has 1 amide bonds. The Bertz CT molecular complexity index is 1680. The molecule has 0 saturated heterocycles. The van der Waals surface area contributed by atoms with Crippen LogP contribution < -0.4 is 20.2 Å². The number of anilines is 2. The predicted octanol–water partition coefficient (Wildman–Crippen LogP) is 7.81. The van der Waals surface area contributed by atoms with Gasteiger partial charge in [-0.05, 0) is 75.6 Å². The zero-order valence-corrected chi connectivity index (χ0v) is 24.2. The minimum Gasteiger partial charge on any atom is -0.493 e. The number of para-hydroxylation sites is 1. The van der Waals surface area contributed by atoms with E-state index in [9.17, 15) is 9.18 Å². The second kappa shape index (κ2) is 13.2. The Morgan fingerprint density at radius 3 is 2.61 bits per heavy atom. The Balaban J connectivity index is 1.19. The molecule has 5 aromatic rings. The third-order valence-corrected chi connectivity index (χ3v) is 7.22. The molecule has 0 bridgehead atoms. The fourth-order valence-corrected chi connectivity index (χ4v) is 5.18. The molecule has 7 nitrogen and oxygen atoms in total. The standard InChI is InChI=1S/C31H24BrFN4O3S/c1-39-28-16-21(15-26(32)29(28)40-18-20-6-5-7-24(33)14-20)17-34-37-30(38)23-12-10-22(11-13-23)27-19-41-31(36-27)35-25-8-3-2-4-9-25/h2-17,19H,18H2,1H3,(H,35,36)(H,37,38)/b34-17-. The lowest BCUT2D eigenvalue weighted by Crippen LogP contribution is -2.17. The van der Waals surface area contributed by atoms with E-state index < -0.39 is 0 Å². The van der Waals surface area contributed by atoms with Crippen molar-refractivity contribution in [1.29, 1.82) is 0 Å². The van der Waals surface area contributed by atoms with Gasteiger partial charge in [0.2, 0.25) is 0 Å². The number of aromatic nitrogens is 1. The number of methoxy groups -OCH3 is 1. The molecule has 206 valence electrons. The summed E-state index contributed by atoms with van der Waals surface area (Å²) < 4.78 is 25.4. The summed E-state index contributed by atoms with van der Waals surface area (Å²) in [5.74, 6) is 0.259. The van der Waals surface area contributed by atoms with Crippen LogP contribution >= 0.6 is 27.3 Å². The average molecular weight is 632 g/mol. The van der Waals surface area contributed by atoms with E-state index in [-0.39, 0.29) is 18.3 Å². The summed E-state index contributed by atoms with van der Waals surface area (Å²) >= 11 is 5.00. The Morgan fingerprint density at radius 2 is 1.85 bits per heavy atom. The third-order valence-electron chi connectivity index (χ3n) is 5.88. The first kappa shape index (κ1) is 28.0. The van der Waals surface area contributed by atoms with Crippen molar-refractivity contribution >= 4 is 50.2 Å². The van der Waals surface area contributed by atoms with Gasteiger partial charge in [-0.25, -0.2) is 14.8 Å². The lowest BCUT2D eigenvalue weighted by molar-refractivity contribution is 0.0955. The van der Waals surface area contributed by atoms with Gasteiger partial charge in [0.25, 0.3) is 5.91 Å².